The number of ether oxygens (including phenoxy) is 2. The van der Waals surface area contributed by atoms with E-state index in [1.807, 2.05) is 31.5 Å². The summed E-state index contributed by atoms with van der Waals surface area (Å²) in [4.78, 5) is 31.5. The van der Waals surface area contributed by atoms with Crippen molar-refractivity contribution in [2.24, 2.45) is 11.8 Å². The van der Waals surface area contributed by atoms with E-state index in [1.54, 1.807) is 0 Å². The van der Waals surface area contributed by atoms with Gasteiger partial charge in [-0.15, -0.1) is 0 Å². The Morgan fingerprint density at radius 3 is 2.69 bits per heavy atom. The molecule has 5 rings (SSSR count). The third-order valence-corrected chi connectivity index (χ3v) is 11.2. The molecule has 3 N–H and O–H groups in total. The van der Waals surface area contributed by atoms with Crippen LogP contribution in [0.2, 0.25) is 0 Å². The summed E-state index contributed by atoms with van der Waals surface area (Å²) in [5.74, 6) is 0.747. The van der Waals surface area contributed by atoms with Gasteiger partial charge in [-0.05, 0) is 93.0 Å². The minimum Gasteiger partial charge on any atom is -0.490 e. The largest absolute Gasteiger partial charge is 0.490 e. The number of aryl methyl sites for hydroxylation is 1. The molecule has 0 bridgehead atoms. The first-order valence-electron chi connectivity index (χ1n) is 20.5. The Hall–Kier alpha value is -3.79. The van der Waals surface area contributed by atoms with Crippen molar-refractivity contribution in [2.45, 2.75) is 129 Å². The first-order chi connectivity index (χ1) is 26.3. The van der Waals surface area contributed by atoms with E-state index in [2.05, 4.69) is 64.6 Å². The number of hydrogen-bond donors (Lipinski definition) is 3. The molecule has 3 aromatic rings. The molecule has 1 aliphatic carbocycles. The van der Waals surface area contributed by atoms with Crippen LogP contribution in [0.3, 0.4) is 0 Å². The highest BCUT2D eigenvalue weighted by molar-refractivity contribution is 5.93. The van der Waals surface area contributed by atoms with Gasteiger partial charge in [0.05, 0.1) is 12.2 Å². The molecular weight excluding hydrogens is 679 g/mol. The first-order valence-corrected chi connectivity index (χ1v) is 20.5. The summed E-state index contributed by atoms with van der Waals surface area (Å²) < 4.78 is 11.5. The molecule has 1 saturated heterocycles. The van der Waals surface area contributed by atoms with E-state index >= 15 is 0 Å². The van der Waals surface area contributed by atoms with E-state index < -0.39 is 12.2 Å². The molecule has 1 saturated carbocycles. The van der Waals surface area contributed by atoms with Crippen molar-refractivity contribution in [1.29, 1.82) is 0 Å². The Labute approximate surface area is 322 Å². The molecule has 0 amide bonds. The molecule has 54 heavy (non-hydrogen) atoms. The van der Waals surface area contributed by atoms with Crippen molar-refractivity contribution >= 4 is 28.2 Å². The lowest BCUT2D eigenvalue weighted by molar-refractivity contribution is -0.144. The van der Waals surface area contributed by atoms with Crippen LogP contribution in [-0.2, 0) is 20.9 Å². The summed E-state index contributed by atoms with van der Waals surface area (Å²) in [6.07, 6.45) is 18.0. The van der Waals surface area contributed by atoms with Crippen LogP contribution in [0.5, 0.6) is 5.75 Å². The number of fused-ring (bicyclic) bond motifs is 1. The average Bonchev–Trinajstić information content (AvgIpc) is 3.72. The number of aromatic nitrogens is 1. The molecular formula is C45H63N3O6. The number of nitrogens with zero attached hydrogens (tertiary/aromatic N) is 2. The molecule has 9 nitrogen and oxygen atoms in total. The Kier molecular flexibility index (Phi) is 16.8. The maximum absolute atomic E-state index is 12.4. The molecule has 2 aromatic carbocycles. The molecule has 5 atom stereocenters. The predicted molar refractivity (Wildman–Crippen MR) is 216 cm³/mol. The van der Waals surface area contributed by atoms with Gasteiger partial charge >= 0.3 is 5.97 Å². The lowest BCUT2D eigenvalue weighted by Gasteiger charge is -2.22. The van der Waals surface area contributed by atoms with Gasteiger partial charge in [0.2, 0.25) is 0 Å². The molecule has 294 valence electrons. The highest BCUT2D eigenvalue weighted by Crippen LogP contribution is 2.38. The molecule has 9 heteroatoms. The number of ketones is 1. The molecule has 2 fully saturated rings. The zero-order valence-electron chi connectivity index (χ0n) is 32.6. The number of unbranched alkanes of at least 4 members (excludes halogenated alkanes) is 5. The molecule has 0 spiro atoms. The monoisotopic (exact) mass is 741 g/mol. The molecule has 1 aliphatic heterocycles. The SMILES string of the molecule is CCCCCCCC(=O)CC[C@@H]1[C@@H](C/C=C\CCCC(=O)OCCOc2cc(CN3CC[C@@H](Nc4cccc5cnccc45)C3)ccc2C)[C@@H](O)C[C@H]1O. The zero-order chi connectivity index (χ0) is 38.1. The number of allylic oxidation sites excluding steroid dienone is 2. The normalized spacial score (nSPS) is 21.6. The van der Waals surface area contributed by atoms with Crippen LogP contribution >= 0.6 is 0 Å². The number of hydrogen-bond acceptors (Lipinski definition) is 9. The van der Waals surface area contributed by atoms with Gasteiger partial charge < -0.3 is 25.0 Å². The average molecular weight is 742 g/mol. The van der Waals surface area contributed by atoms with Gasteiger partial charge in [-0.1, -0.05) is 69.0 Å². The Bertz CT molecular complexity index is 1640. The van der Waals surface area contributed by atoms with Crippen molar-refractivity contribution in [3.8, 4) is 5.75 Å². The van der Waals surface area contributed by atoms with E-state index in [-0.39, 0.29) is 30.2 Å². The van der Waals surface area contributed by atoms with Gasteiger partial charge in [-0.2, -0.15) is 0 Å². The van der Waals surface area contributed by atoms with E-state index in [9.17, 15) is 19.8 Å². The fourth-order valence-electron chi connectivity index (χ4n) is 8.12. The van der Waals surface area contributed by atoms with Crippen LogP contribution in [0.15, 0.2) is 67.0 Å². The minimum absolute atomic E-state index is 0.0441. The van der Waals surface area contributed by atoms with Crippen molar-refractivity contribution < 1.29 is 29.3 Å². The number of carbonyl (C=O) groups is 2. The van der Waals surface area contributed by atoms with Gasteiger partial charge in [-0.25, -0.2) is 0 Å². The Morgan fingerprint density at radius 1 is 0.963 bits per heavy atom. The van der Waals surface area contributed by atoms with Crippen LogP contribution in [-0.4, -0.2) is 76.4 Å². The van der Waals surface area contributed by atoms with E-state index in [0.29, 0.717) is 57.6 Å². The molecule has 2 aliphatic rings. The molecule has 0 unspecified atom stereocenters. The summed E-state index contributed by atoms with van der Waals surface area (Å²) in [5, 5.41) is 27.2. The number of esters is 1. The van der Waals surface area contributed by atoms with Crippen LogP contribution in [0.4, 0.5) is 5.69 Å². The summed E-state index contributed by atoms with van der Waals surface area (Å²) in [6.45, 7) is 7.55. The maximum atomic E-state index is 12.4. The first kappa shape index (κ1) is 41.4. The number of rotatable bonds is 23. The van der Waals surface area contributed by atoms with Crippen molar-refractivity contribution in [1.82, 2.24) is 9.88 Å². The number of pyridine rings is 1. The Morgan fingerprint density at radius 2 is 1.81 bits per heavy atom. The third kappa shape index (κ3) is 12.9. The Balaban J connectivity index is 0.940. The van der Waals surface area contributed by atoms with Gasteiger partial charge in [0, 0.05) is 73.8 Å². The summed E-state index contributed by atoms with van der Waals surface area (Å²) in [7, 11) is 0. The highest BCUT2D eigenvalue weighted by atomic mass is 16.6. The third-order valence-electron chi connectivity index (χ3n) is 11.2. The molecule has 1 aromatic heterocycles. The number of aliphatic hydroxyl groups excluding tert-OH is 2. The standard InChI is InChI=1S/C45H63N3O6/c1-3-4-5-6-9-14-37(49)20-21-40-39(42(50)29-43(40)51)15-10-7-8-11-17-45(52)54-27-26-53-44-28-34(19-18-33(44)2)31-48-25-23-36(32-48)47-41-16-12-13-35-30-46-24-22-38(35)41/h7,10,12-13,16,18-19,22,24,28,30,36,39-40,42-43,47,50-51H,3-6,8-9,11,14-15,17,20-21,23,25-27,29,31-32H2,1-2H3/b10-7-/t36-,39-,40-,42+,43-/m1/s1. The number of Topliss-reactive ketones (excluding diaryl/α,β-unsaturated/α-hetero) is 1. The van der Waals surface area contributed by atoms with E-state index in [1.165, 1.54) is 30.2 Å². The van der Waals surface area contributed by atoms with E-state index in [4.69, 9.17) is 9.47 Å². The number of benzene rings is 2. The number of nitrogens with one attached hydrogen (secondary N) is 1. The topological polar surface area (TPSA) is 121 Å². The second-order valence-corrected chi connectivity index (χ2v) is 15.5. The fraction of sp³-hybridized carbons (Fsp3) is 0.578. The predicted octanol–water partition coefficient (Wildman–Crippen LogP) is 8.34. The maximum Gasteiger partial charge on any atom is 0.305 e. The zero-order valence-corrected chi connectivity index (χ0v) is 32.6. The minimum atomic E-state index is -0.561. The van der Waals surface area contributed by atoms with Crippen LogP contribution < -0.4 is 10.1 Å². The van der Waals surface area contributed by atoms with Gasteiger partial charge in [0.1, 0.15) is 24.7 Å². The van der Waals surface area contributed by atoms with Crippen molar-refractivity contribution in [3.63, 3.8) is 0 Å². The van der Waals surface area contributed by atoms with Gasteiger partial charge in [0.25, 0.3) is 0 Å². The van der Waals surface area contributed by atoms with Gasteiger partial charge in [0.15, 0.2) is 0 Å². The molecule has 2 heterocycles. The van der Waals surface area contributed by atoms with Gasteiger partial charge in [-0.3, -0.25) is 19.5 Å². The van der Waals surface area contributed by atoms with Crippen LogP contribution in [0, 0.1) is 18.8 Å². The summed E-state index contributed by atoms with van der Waals surface area (Å²) in [5.41, 5.74) is 3.41. The summed E-state index contributed by atoms with van der Waals surface area (Å²) in [6, 6.07) is 15.1. The lowest BCUT2D eigenvalue weighted by atomic mass is 9.86. The number of likely N-dealkylation sites (tertiary alicyclic amines) is 1. The molecule has 0 radical (unpaired) electrons. The number of anilines is 1. The van der Waals surface area contributed by atoms with E-state index in [0.717, 1.165) is 67.7 Å². The highest BCUT2D eigenvalue weighted by Gasteiger charge is 2.40. The quantitative estimate of drug-likeness (QED) is 0.0501. The number of aliphatic hydroxyl groups is 2. The van der Waals surface area contributed by atoms with Crippen molar-refractivity contribution in [3.05, 3.63) is 78.1 Å². The van der Waals surface area contributed by atoms with Crippen LogP contribution in [0.1, 0.15) is 108 Å². The lowest BCUT2D eigenvalue weighted by Crippen LogP contribution is -2.26. The smallest absolute Gasteiger partial charge is 0.305 e. The summed E-state index contributed by atoms with van der Waals surface area (Å²) >= 11 is 0. The van der Waals surface area contributed by atoms with Crippen molar-refractivity contribution in [2.75, 3.05) is 31.6 Å². The van der Waals surface area contributed by atoms with Crippen LogP contribution in [0.25, 0.3) is 10.8 Å². The fourth-order valence-corrected chi connectivity index (χ4v) is 8.12. The second kappa shape index (κ2) is 21.9. The number of carbonyl (C=O) groups excluding carboxylic acids is 2. The second-order valence-electron chi connectivity index (χ2n) is 15.5.